The van der Waals surface area contributed by atoms with Gasteiger partial charge in [-0.2, -0.15) is 0 Å². The van der Waals surface area contributed by atoms with Gasteiger partial charge < -0.3 is 19.3 Å². The summed E-state index contributed by atoms with van der Waals surface area (Å²) in [6.07, 6.45) is 5.75. The molecule has 6 rings (SSSR count). The molecule has 0 aliphatic carbocycles. The Hall–Kier alpha value is -3.62. The second-order valence-corrected chi connectivity index (χ2v) is 11.0. The Morgan fingerprint density at radius 3 is 2.68 bits per heavy atom. The van der Waals surface area contributed by atoms with E-state index in [1.807, 2.05) is 77.6 Å². The third kappa shape index (κ3) is 5.12. The third-order valence-electron chi connectivity index (χ3n) is 6.93. The molecule has 1 saturated heterocycles. The van der Waals surface area contributed by atoms with Gasteiger partial charge in [-0.25, -0.2) is 0 Å². The molecular weight excluding hydrogens is 506 g/mol. The largest absolute Gasteiger partial charge is 0.371 e. The molecule has 5 aromatic rings. The number of benzene rings is 1. The summed E-state index contributed by atoms with van der Waals surface area (Å²) in [4.78, 5) is 20.8. The zero-order chi connectivity index (χ0) is 25.2. The number of nitrogens with zero attached hydrogens (tertiary/aromatic N) is 4. The summed E-state index contributed by atoms with van der Waals surface area (Å²) in [6, 6.07) is 19.8. The van der Waals surface area contributed by atoms with Gasteiger partial charge in [-0.15, -0.1) is 11.3 Å². The maximum absolute atomic E-state index is 13.4. The van der Waals surface area contributed by atoms with Crippen LogP contribution in [0.5, 0.6) is 0 Å². The highest BCUT2D eigenvalue weighted by Crippen LogP contribution is 2.32. The fourth-order valence-electron chi connectivity index (χ4n) is 4.96. The van der Waals surface area contributed by atoms with Crippen LogP contribution in [0.1, 0.15) is 29.0 Å². The molecule has 7 nitrogen and oxygen atoms in total. The fourth-order valence-corrected chi connectivity index (χ4v) is 5.95. The van der Waals surface area contributed by atoms with Crippen LogP contribution in [0.25, 0.3) is 21.5 Å². The molecule has 0 saturated carbocycles. The van der Waals surface area contributed by atoms with Crippen LogP contribution in [0.3, 0.4) is 0 Å². The van der Waals surface area contributed by atoms with Crippen molar-refractivity contribution < 1.29 is 9.32 Å². The summed E-state index contributed by atoms with van der Waals surface area (Å²) in [5, 5.41) is 8.48. The molecule has 1 aliphatic heterocycles. The summed E-state index contributed by atoms with van der Waals surface area (Å²) < 4.78 is 8.29. The van der Waals surface area contributed by atoms with E-state index in [1.165, 1.54) is 17.0 Å². The van der Waals surface area contributed by atoms with E-state index in [9.17, 15) is 4.79 Å². The number of halogens is 1. The molecule has 1 amide bonds. The topological polar surface area (TPSA) is 76.2 Å². The first-order valence-electron chi connectivity index (χ1n) is 12.4. The average molecular weight is 532 g/mol. The molecule has 5 heterocycles. The van der Waals surface area contributed by atoms with Crippen molar-refractivity contribution in [3.8, 4) is 10.6 Å². The van der Waals surface area contributed by atoms with E-state index in [1.54, 1.807) is 0 Å². The average Bonchev–Trinajstić information content (AvgIpc) is 3.67. The molecule has 9 heteroatoms. The number of hydrogen-bond donors (Lipinski definition) is 1. The van der Waals surface area contributed by atoms with Crippen molar-refractivity contribution in [2.24, 2.45) is 5.92 Å². The van der Waals surface area contributed by atoms with Gasteiger partial charge in [-0.3, -0.25) is 9.78 Å². The summed E-state index contributed by atoms with van der Waals surface area (Å²) in [6.45, 7) is 3.06. The molecule has 4 aromatic heterocycles. The molecule has 1 N–H and O–H groups in total. The Labute approximate surface area is 223 Å². The smallest absolute Gasteiger partial charge is 0.267 e. The summed E-state index contributed by atoms with van der Waals surface area (Å²) in [7, 11) is 0. The van der Waals surface area contributed by atoms with Crippen molar-refractivity contribution >= 4 is 45.4 Å². The Kier molecular flexibility index (Phi) is 6.68. The number of hydrogen-bond acceptors (Lipinski definition) is 6. The SMILES string of the molecule is O=C(NCC1CCN(c2ccncc2)CC1)c1cc2ccccc2n1Cc1cc(-c2ccc(Cl)s2)on1. The lowest BCUT2D eigenvalue weighted by Crippen LogP contribution is -2.39. The Balaban J connectivity index is 1.15. The molecule has 0 unspecified atom stereocenters. The van der Waals surface area contributed by atoms with Crippen molar-refractivity contribution in [3.63, 3.8) is 0 Å². The lowest BCUT2D eigenvalue weighted by Gasteiger charge is -2.33. The van der Waals surface area contributed by atoms with Gasteiger partial charge in [0.05, 0.1) is 15.8 Å². The van der Waals surface area contributed by atoms with Crippen LogP contribution in [0.2, 0.25) is 4.34 Å². The first-order valence-corrected chi connectivity index (χ1v) is 13.6. The molecule has 0 spiro atoms. The van der Waals surface area contributed by atoms with Gasteiger partial charge in [0.15, 0.2) is 5.76 Å². The fraction of sp³-hybridized carbons (Fsp3) is 0.250. The number of aromatic nitrogens is 3. The Morgan fingerprint density at radius 1 is 1.08 bits per heavy atom. The van der Waals surface area contributed by atoms with Crippen LogP contribution in [-0.2, 0) is 6.54 Å². The number of piperidine rings is 1. The molecule has 0 atom stereocenters. The van der Waals surface area contributed by atoms with Gasteiger partial charge in [0.1, 0.15) is 11.4 Å². The number of thiophene rings is 1. The minimum atomic E-state index is -0.0680. The number of para-hydroxylation sites is 1. The number of rotatable bonds is 7. The first kappa shape index (κ1) is 23.8. The van der Waals surface area contributed by atoms with E-state index >= 15 is 0 Å². The van der Waals surface area contributed by atoms with Gasteiger partial charge in [-0.1, -0.05) is 35.0 Å². The predicted molar refractivity (Wildman–Crippen MR) is 147 cm³/mol. The van der Waals surface area contributed by atoms with Crippen LogP contribution in [0.15, 0.2) is 77.6 Å². The molecular formula is C28H26ClN5O2S. The van der Waals surface area contributed by atoms with Crippen LogP contribution in [0, 0.1) is 5.92 Å². The maximum Gasteiger partial charge on any atom is 0.267 e. The predicted octanol–water partition coefficient (Wildman–Crippen LogP) is 6.10. The van der Waals surface area contributed by atoms with Crippen molar-refractivity contribution in [2.75, 3.05) is 24.5 Å². The van der Waals surface area contributed by atoms with Crippen LogP contribution in [-0.4, -0.2) is 40.2 Å². The van der Waals surface area contributed by atoms with Crippen LogP contribution >= 0.6 is 22.9 Å². The number of fused-ring (bicyclic) bond motifs is 1. The summed E-state index contributed by atoms with van der Waals surface area (Å²) in [5.41, 5.74) is 3.57. The highest BCUT2D eigenvalue weighted by Gasteiger charge is 2.22. The highest BCUT2D eigenvalue weighted by atomic mass is 35.5. The zero-order valence-corrected chi connectivity index (χ0v) is 21.7. The van der Waals surface area contributed by atoms with Crippen molar-refractivity contribution in [3.05, 3.63) is 88.8 Å². The number of anilines is 1. The molecule has 188 valence electrons. The molecule has 37 heavy (non-hydrogen) atoms. The first-order chi connectivity index (χ1) is 18.1. The number of amides is 1. The quantitative estimate of drug-likeness (QED) is 0.274. The number of pyridine rings is 1. The van der Waals surface area contributed by atoms with E-state index in [0.717, 1.165) is 47.4 Å². The second kappa shape index (κ2) is 10.4. The number of carbonyl (C=O) groups is 1. The van der Waals surface area contributed by atoms with Gasteiger partial charge in [0, 0.05) is 54.7 Å². The van der Waals surface area contributed by atoms with E-state index in [2.05, 4.69) is 20.4 Å². The van der Waals surface area contributed by atoms with Crippen LogP contribution < -0.4 is 10.2 Å². The van der Waals surface area contributed by atoms with E-state index in [4.69, 9.17) is 16.1 Å². The normalized spacial score (nSPS) is 14.4. The molecule has 0 bridgehead atoms. The standard InChI is InChI=1S/C28H26ClN5O2S/c29-27-6-5-26(37-27)25-16-21(32-36-25)18-34-23-4-2-1-3-20(23)15-24(34)28(35)31-17-19-9-13-33(14-10-19)22-7-11-30-12-8-22/h1-8,11-12,15-16,19H,9-10,13-14,17-18H2,(H,31,35). The molecule has 1 fully saturated rings. The van der Waals surface area contributed by atoms with E-state index < -0.39 is 0 Å². The maximum atomic E-state index is 13.4. The van der Waals surface area contributed by atoms with Crippen LogP contribution in [0.4, 0.5) is 5.69 Å². The minimum Gasteiger partial charge on any atom is -0.371 e. The lowest BCUT2D eigenvalue weighted by atomic mass is 9.96. The van der Waals surface area contributed by atoms with E-state index in [0.29, 0.717) is 34.8 Å². The summed E-state index contributed by atoms with van der Waals surface area (Å²) >= 11 is 7.52. The number of carbonyl (C=O) groups excluding carboxylic acids is 1. The van der Waals surface area contributed by atoms with Gasteiger partial charge in [0.2, 0.25) is 0 Å². The second-order valence-electron chi connectivity index (χ2n) is 9.31. The monoisotopic (exact) mass is 531 g/mol. The van der Waals surface area contributed by atoms with Crippen molar-refractivity contribution in [1.82, 2.24) is 20.0 Å². The Bertz CT molecular complexity index is 1520. The van der Waals surface area contributed by atoms with Gasteiger partial charge in [-0.05, 0) is 55.2 Å². The third-order valence-corrected chi connectivity index (χ3v) is 8.18. The van der Waals surface area contributed by atoms with E-state index in [-0.39, 0.29) is 5.91 Å². The molecule has 0 radical (unpaired) electrons. The van der Waals surface area contributed by atoms with Gasteiger partial charge in [0.25, 0.3) is 5.91 Å². The van der Waals surface area contributed by atoms with Gasteiger partial charge >= 0.3 is 0 Å². The number of nitrogens with one attached hydrogen (secondary N) is 1. The Morgan fingerprint density at radius 2 is 1.89 bits per heavy atom. The zero-order valence-electron chi connectivity index (χ0n) is 20.1. The van der Waals surface area contributed by atoms with Crippen molar-refractivity contribution in [1.29, 1.82) is 0 Å². The molecule has 1 aromatic carbocycles. The minimum absolute atomic E-state index is 0.0680. The highest BCUT2D eigenvalue weighted by molar-refractivity contribution is 7.19. The lowest BCUT2D eigenvalue weighted by molar-refractivity contribution is 0.0936. The summed E-state index contributed by atoms with van der Waals surface area (Å²) in [5.74, 6) is 1.06. The van der Waals surface area contributed by atoms with Crippen molar-refractivity contribution in [2.45, 2.75) is 19.4 Å². The molecule has 1 aliphatic rings.